The number of carboxylic acid groups (broad SMARTS) is 2. The molecule has 5 heteroatoms. The fraction of sp³-hybridized carbons (Fsp3) is 0.571. The third-order valence-electron chi connectivity index (χ3n) is 1.76. The number of hydrogen-bond donors (Lipinski definition) is 2. The summed E-state index contributed by atoms with van der Waals surface area (Å²) in [6.07, 6.45) is 7.51. The van der Waals surface area contributed by atoms with Gasteiger partial charge < -0.3 is 10.2 Å². The second kappa shape index (κ2) is 22.4. The summed E-state index contributed by atoms with van der Waals surface area (Å²) in [6, 6.07) is 0. The minimum atomic E-state index is -0.981. The molecule has 0 unspecified atom stereocenters. The first-order valence-corrected chi connectivity index (χ1v) is 10.4. The SMILES string of the molecule is C=CC(=O)O.C=CC(=O)O.CCC[CH2][Sn][CH2]CCC. The van der Waals surface area contributed by atoms with Gasteiger partial charge in [-0.3, -0.25) is 0 Å². The first-order chi connectivity index (χ1) is 8.95. The van der Waals surface area contributed by atoms with Gasteiger partial charge in [0.2, 0.25) is 0 Å². The van der Waals surface area contributed by atoms with E-state index in [-0.39, 0.29) is 21.1 Å². The van der Waals surface area contributed by atoms with Crippen LogP contribution < -0.4 is 0 Å². The molecule has 0 bridgehead atoms. The fourth-order valence-corrected chi connectivity index (χ4v) is 4.89. The van der Waals surface area contributed by atoms with E-state index < -0.39 is 11.9 Å². The zero-order valence-electron chi connectivity index (χ0n) is 12.0. The molecule has 0 saturated carbocycles. The van der Waals surface area contributed by atoms with Gasteiger partial charge >= 0.3 is 81.5 Å². The van der Waals surface area contributed by atoms with Crippen molar-refractivity contribution < 1.29 is 19.8 Å². The van der Waals surface area contributed by atoms with Crippen molar-refractivity contribution in [1.29, 1.82) is 0 Å². The summed E-state index contributed by atoms with van der Waals surface area (Å²) < 4.78 is 3.25. The molecule has 0 rings (SSSR count). The molecule has 2 radical (unpaired) electrons. The van der Waals surface area contributed by atoms with Crippen LogP contribution in [0.15, 0.2) is 25.3 Å². The van der Waals surface area contributed by atoms with E-state index in [2.05, 4.69) is 27.0 Å². The van der Waals surface area contributed by atoms with Gasteiger partial charge in [0.1, 0.15) is 0 Å². The Labute approximate surface area is 126 Å². The Morgan fingerprint density at radius 2 is 1.21 bits per heavy atom. The molecule has 0 aliphatic heterocycles. The summed E-state index contributed by atoms with van der Waals surface area (Å²) in [7, 11) is 0. The van der Waals surface area contributed by atoms with E-state index in [9.17, 15) is 9.59 Å². The quantitative estimate of drug-likeness (QED) is 0.385. The molecule has 0 aromatic heterocycles. The molecule has 0 amide bonds. The first kappa shape index (κ1) is 23.3. The van der Waals surface area contributed by atoms with Gasteiger partial charge in [-0.05, 0) is 0 Å². The van der Waals surface area contributed by atoms with Crippen LogP contribution in [0.3, 0.4) is 0 Å². The van der Waals surface area contributed by atoms with Crippen molar-refractivity contribution in [2.75, 3.05) is 0 Å². The van der Waals surface area contributed by atoms with E-state index in [0.717, 1.165) is 12.2 Å². The van der Waals surface area contributed by atoms with Gasteiger partial charge in [-0.1, -0.05) is 13.2 Å². The number of unbranched alkanes of at least 4 members (excludes halogenated alkanes) is 2. The van der Waals surface area contributed by atoms with Crippen molar-refractivity contribution in [2.24, 2.45) is 0 Å². The predicted molar refractivity (Wildman–Crippen MR) is 80.8 cm³/mol. The molecule has 0 aromatic carbocycles. The molecule has 0 aliphatic carbocycles. The zero-order valence-corrected chi connectivity index (χ0v) is 14.9. The van der Waals surface area contributed by atoms with E-state index in [1.54, 1.807) is 8.87 Å². The Morgan fingerprint density at radius 3 is 1.37 bits per heavy atom. The Bertz CT molecular complexity index is 216. The molecule has 19 heavy (non-hydrogen) atoms. The van der Waals surface area contributed by atoms with Gasteiger partial charge in [-0.2, -0.15) is 0 Å². The third-order valence-corrected chi connectivity index (χ3v) is 5.80. The molecular formula is C14H26O4Sn. The van der Waals surface area contributed by atoms with Crippen LogP contribution in [0, 0.1) is 0 Å². The topological polar surface area (TPSA) is 74.6 Å². The Balaban J connectivity index is -0.000000219. The normalized spacial score (nSPS) is 8.11. The average Bonchev–Trinajstić information content (AvgIpc) is 2.40. The van der Waals surface area contributed by atoms with E-state index in [4.69, 9.17) is 10.2 Å². The minimum absolute atomic E-state index is 0.149. The van der Waals surface area contributed by atoms with E-state index in [0.29, 0.717) is 0 Å². The molecule has 0 aromatic rings. The average molecular weight is 377 g/mol. The van der Waals surface area contributed by atoms with Gasteiger partial charge in [-0.15, -0.1) is 0 Å². The van der Waals surface area contributed by atoms with Gasteiger partial charge in [-0.25, -0.2) is 9.59 Å². The van der Waals surface area contributed by atoms with Crippen molar-refractivity contribution in [3.63, 3.8) is 0 Å². The fourth-order valence-electron chi connectivity index (χ4n) is 0.729. The van der Waals surface area contributed by atoms with Crippen LogP contribution >= 0.6 is 0 Å². The number of aliphatic carboxylic acids is 2. The van der Waals surface area contributed by atoms with E-state index >= 15 is 0 Å². The zero-order chi connectivity index (χ0) is 15.5. The second-order valence-electron chi connectivity index (χ2n) is 3.54. The van der Waals surface area contributed by atoms with Crippen LogP contribution in [0.2, 0.25) is 8.87 Å². The molecule has 110 valence electrons. The summed E-state index contributed by atoms with van der Waals surface area (Å²) in [5.41, 5.74) is 0. The monoisotopic (exact) mass is 378 g/mol. The predicted octanol–water partition coefficient (Wildman–Crippen LogP) is 3.64. The standard InChI is InChI=1S/2C4H9.2C3H4O2.Sn/c2*1-3-4-2;2*1-2-3(4)5;/h2*1,3-4H2,2H3;2*2H,1H2,(H,4,5);. The molecular weight excluding hydrogens is 351 g/mol. The van der Waals surface area contributed by atoms with Gasteiger partial charge in [0, 0.05) is 12.2 Å². The number of rotatable bonds is 8. The number of hydrogen-bond acceptors (Lipinski definition) is 2. The van der Waals surface area contributed by atoms with Crippen LogP contribution in [0.1, 0.15) is 39.5 Å². The van der Waals surface area contributed by atoms with Crippen LogP contribution in [-0.4, -0.2) is 43.3 Å². The number of carboxylic acids is 2. The van der Waals surface area contributed by atoms with Crippen LogP contribution in [0.4, 0.5) is 0 Å². The maximum atomic E-state index is 9.25. The maximum absolute atomic E-state index is 9.25. The molecule has 0 spiro atoms. The Kier molecular flexibility index (Phi) is 27.5. The van der Waals surface area contributed by atoms with Crippen molar-refractivity contribution in [3.8, 4) is 0 Å². The van der Waals surface area contributed by atoms with Crippen molar-refractivity contribution in [2.45, 2.75) is 48.4 Å². The molecule has 0 fully saturated rings. The summed E-state index contributed by atoms with van der Waals surface area (Å²) in [5.74, 6) is -1.96. The molecule has 4 nitrogen and oxygen atoms in total. The van der Waals surface area contributed by atoms with Crippen LogP contribution in [0.25, 0.3) is 0 Å². The second-order valence-corrected chi connectivity index (χ2v) is 7.82. The third kappa shape index (κ3) is 46.9. The summed E-state index contributed by atoms with van der Waals surface area (Å²) in [6.45, 7) is 10.5. The van der Waals surface area contributed by atoms with E-state index in [1.165, 1.54) is 25.7 Å². The molecule has 0 saturated heterocycles. The summed E-state index contributed by atoms with van der Waals surface area (Å²) in [4.78, 5) is 18.5. The molecule has 0 heterocycles. The molecule has 0 aliphatic rings. The van der Waals surface area contributed by atoms with Gasteiger partial charge in [0.15, 0.2) is 0 Å². The van der Waals surface area contributed by atoms with Crippen molar-refractivity contribution in [3.05, 3.63) is 25.3 Å². The van der Waals surface area contributed by atoms with Crippen LogP contribution in [-0.2, 0) is 9.59 Å². The first-order valence-electron chi connectivity index (χ1n) is 6.37. The summed E-state index contributed by atoms with van der Waals surface area (Å²) in [5, 5.41) is 15.2. The van der Waals surface area contributed by atoms with Crippen molar-refractivity contribution in [1.82, 2.24) is 0 Å². The summed E-state index contributed by atoms with van der Waals surface area (Å²) >= 11 is 0.149. The van der Waals surface area contributed by atoms with Crippen LogP contribution in [0.5, 0.6) is 0 Å². The number of carbonyl (C=O) groups is 2. The Hall–Kier alpha value is -0.781. The van der Waals surface area contributed by atoms with Gasteiger partial charge in [0.05, 0.1) is 0 Å². The molecule has 0 atom stereocenters. The molecule has 2 N–H and O–H groups in total. The van der Waals surface area contributed by atoms with Gasteiger partial charge in [0.25, 0.3) is 0 Å². The van der Waals surface area contributed by atoms with Crippen molar-refractivity contribution >= 4 is 33.1 Å². The Morgan fingerprint density at radius 1 is 0.947 bits per heavy atom. The van der Waals surface area contributed by atoms with E-state index in [1.807, 2.05) is 0 Å².